The van der Waals surface area contributed by atoms with Gasteiger partial charge in [-0.3, -0.25) is 9.89 Å². The highest BCUT2D eigenvalue weighted by Gasteiger charge is 2.24. The van der Waals surface area contributed by atoms with Gasteiger partial charge in [0.15, 0.2) is 5.69 Å². The van der Waals surface area contributed by atoms with E-state index in [9.17, 15) is 4.79 Å². The molecule has 0 radical (unpaired) electrons. The van der Waals surface area contributed by atoms with E-state index < -0.39 is 0 Å². The number of fused-ring (bicyclic) bond motifs is 1. The van der Waals surface area contributed by atoms with E-state index in [1.165, 1.54) is 11.3 Å². The standard InChI is InChI=1S/C16H22N4OS/c1-4-12(16-17-9(2)10(3)22-16)18-15(21)14-11-7-5-6-8-13(11)19-20-14/h12H,4-8H2,1-3H3,(H,18,21)(H,19,20). The topological polar surface area (TPSA) is 70.7 Å². The van der Waals surface area contributed by atoms with Crippen LogP contribution in [0.4, 0.5) is 0 Å². The first-order valence-electron chi connectivity index (χ1n) is 7.91. The average Bonchev–Trinajstić information content (AvgIpc) is 3.09. The molecule has 1 atom stereocenters. The smallest absolute Gasteiger partial charge is 0.272 e. The van der Waals surface area contributed by atoms with Crippen molar-refractivity contribution in [2.75, 3.05) is 0 Å². The molecule has 3 rings (SSSR count). The van der Waals surface area contributed by atoms with Crippen molar-refractivity contribution in [3.8, 4) is 0 Å². The molecule has 0 saturated heterocycles. The number of nitrogens with one attached hydrogen (secondary N) is 2. The van der Waals surface area contributed by atoms with Gasteiger partial charge in [0.2, 0.25) is 0 Å². The summed E-state index contributed by atoms with van der Waals surface area (Å²) in [5, 5.41) is 11.4. The molecule has 1 amide bonds. The van der Waals surface area contributed by atoms with Crippen LogP contribution < -0.4 is 5.32 Å². The third-order valence-electron chi connectivity index (χ3n) is 4.33. The molecule has 1 aliphatic rings. The molecule has 0 fully saturated rings. The maximum atomic E-state index is 12.6. The number of carbonyl (C=O) groups excluding carboxylic acids is 1. The zero-order valence-corrected chi connectivity index (χ0v) is 14.1. The molecular formula is C16H22N4OS. The van der Waals surface area contributed by atoms with Crippen molar-refractivity contribution >= 4 is 17.2 Å². The summed E-state index contributed by atoms with van der Waals surface area (Å²) in [6.45, 7) is 6.14. The first kappa shape index (κ1) is 15.2. The summed E-state index contributed by atoms with van der Waals surface area (Å²) in [4.78, 5) is 18.4. The minimum absolute atomic E-state index is 0.0409. The molecule has 0 bridgehead atoms. The number of amides is 1. The van der Waals surface area contributed by atoms with Crippen LogP contribution in [0.15, 0.2) is 0 Å². The van der Waals surface area contributed by atoms with Crippen molar-refractivity contribution in [1.29, 1.82) is 0 Å². The van der Waals surface area contributed by atoms with Gasteiger partial charge in [-0.2, -0.15) is 5.10 Å². The number of aryl methyl sites for hydroxylation is 3. The molecule has 5 nitrogen and oxygen atoms in total. The molecule has 1 unspecified atom stereocenters. The molecule has 1 aliphatic carbocycles. The third kappa shape index (κ3) is 2.79. The molecule has 6 heteroatoms. The number of hydrogen-bond acceptors (Lipinski definition) is 4. The van der Waals surface area contributed by atoms with Crippen LogP contribution in [-0.2, 0) is 12.8 Å². The molecule has 0 spiro atoms. The van der Waals surface area contributed by atoms with Crippen LogP contribution in [0.2, 0.25) is 0 Å². The Morgan fingerprint density at radius 1 is 1.36 bits per heavy atom. The largest absolute Gasteiger partial charge is 0.341 e. The van der Waals surface area contributed by atoms with Gasteiger partial charge in [-0.1, -0.05) is 6.92 Å². The van der Waals surface area contributed by atoms with Gasteiger partial charge in [-0.25, -0.2) is 4.98 Å². The average molecular weight is 318 g/mol. The summed E-state index contributed by atoms with van der Waals surface area (Å²) in [7, 11) is 0. The number of hydrogen-bond donors (Lipinski definition) is 2. The van der Waals surface area contributed by atoms with Crippen LogP contribution in [0.5, 0.6) is 0 Å². The highest BCUT2D eigenvalue weighted by Crippen LogP contribution is 2.26. The normalized spacial score (nSPS) is 15.4. The highest BCUT2D eigenvalue weighted by atomic mass is 32.1. The molecule has 2 aromatic rings. The van der Waals surface area contributed by atoms with E-state index in [4.69, 9.17) is 0 Å². The molecule has 2 heterocycles. The number of rotatable bonds is 4. The van der Waals surface area contributed by atoms with Gasteiger partial charge >= 0.3 is 0 Å². The third-order valence-corrected chi connectivity index (χ3v) is 5.51. The zero-order valence-electron chi connectivity index (χ0n) is 13.3. The second kappa shape index (κ2) is 6.20. The van der Waals surface area contributed by atoms with Gasteiger partial charge in [0.05, 0.1) is 11.7 Å². The van der Waals surface area contributed by atoms with E-state index in [-0.39, 0.29) is 11.9 Å². The maximum Gasteiger partial charge on any atom is 0.272 e. The quantitative estimate of drug-likeness (QED) is 0.909. The number of nitrogens with zero attached hydrogens (tertiary/aromatic N) is 2. The SMILES string of the molecule is CCC(NC(=O)c1n[nH]c2c1CCCC2)c1nc(C)c(C)s1. The molecule has 118 valence electrons. The highest BCUT2D eigenvalue weighted by molar-refractivity contribution is 7.11. The van der Waals surface area contributed by atoms with Crippen LogP contribution >= 0.6 is 11.3 Å². The Morgan fingerprint density at radius 3 is 2.82 bits per heavy atom. The van der Waals surface area contributed by atoms with Crippen molar-refractivity contribution in [2.45, 2.75) is 58.9 Å². The fourth-order valence-corrected chi connectivity index (χ4v) is 3.94. The first-order valence-corrected chi connectivity index (χ1v) is 8.72. The Morgan fingerprint density at radius 2 is 2.14 bits per heavy atom. The summed E-state index contributed by atoms with van der Waals surface area (Å²) < 4.78 is 0. The summed E-state index contributed by atoms with van der Waals surface area (Å²) in [5.41, 5.74) is 3.85. The lowest BCUT2D eigenvalue weighted by Gasteiger charge is -2.15. The van der Waals surface area contributed by atoms with E-state index in [2.05, 4.69) is 34.3 Å². The van der Waals surface area contributed by atoms with Gasteiger partial charge in [-0.15, -0.1) is 11.3 Å². The van der Waals surface area contributed by atoms with Crippen molar-refractivity contribution in [1.82, 2.24) is 20.5 Å². The molecule has 2 N–H and O–H groups in total. The lowest BCUT2D eigenvalue weighted by Crippen LogP contribution is -2.29. The van der Waals surface area contributed by atoms with Gasteiger partial charge in [0, 0.05) is 16.1 Å². The monoisotopic (exact) mass is 318 g/mol. The molecule has 0 saturated carbocycles. The van der Waals surface area contributed by atoms with Crippen LogP contribution in [-0.4, -0.2) is 21.1 Å². The molecular weight excluding hydrogens is 296 g/mol. The van der Waals surface area contributed by atoms with E-state index in [1.54, 1.807) is 11.3 Å². The molecule has 0 aliphatic heterocycles. The predicted octanol–water partition coefficient (Wildman–Crippen LogP) is 3.24. The van der Waals surface area contributed by atoms with Gasteiger partial charge in [-0.05, 0) is 46.0 Å². The summed E-state index contributed by atoms with van der Waals surface area (Å²) in [6, 6.07) is -0.0409. The van der Waals surface area contributed by atoms with E-state index in [0.717, 1.165) is 47.6 Å². The van der Waals surface area contributed by atoms with E-state index in [0.29, 0.717) is 5.69 Å². The minimum atomic E-state index is -0.0863. The number of aromatic amines is 1. The fourth-order valence-electron chi connectivity index (χ4n) is 2.88. The lowest BCUT2D eigenvalue weighted by atomic mass is 9.95. The number of aromatic nitrogens is 3. The Balaban J connectivity index is 1.79. The molecule has 22 heavy (non-hydrogen) atoms. The minimum Gasteiger partial charge on any atom is -0.341 e. The Labute approximate surface area is 134 Å². The van der Waals surface area contributed by atoms with Crippen molar-refractivity contribution in [2.24, 2.45) is 0 Å². The predicted molar refractivity (Wildman–Crippen MR) is 87.3 cm³/mol. The fraction of sp³-hybridized carbons (Fsp3) is 0.562. The number of carbonyl (C=O) groups is 1. The van der Waals surface area contributed by atoms with E-state index in [1.807, 2.05) is 6.92 Å². The Kier molecular flexibility index (Phi) is 4.29. The number of H-pyrrole nitrogens is 1. The lowest BCUT2D eigenvalue weighted by molar-refractivity contribution is 0.0929. The summed E-state index contributed by atoms with van der Waals surface area (Å²) in [5.74, 6) is -0.0863. The van der Waals surface area contributed by atoms with Gasteiger partial charge in [0.25, 0.3) is 5.91 Å². The van der Waals surface area contributed by atoms with Crippen molar-refractivity contribution in [3.05, 3.63) is 32.5 Å². The second-order valence-electron chi connectivity index (χ2n) is 5.86. The summed E-state index contributed by atoms with van der Waals surface area (Å²) >= 11 is 1.66. The van der Waals surface area contributed by atoms with Gasteiger partial charge < -0.3 is 5.32 Å². The van der Waals surface area contributed by atoms with E-state index >= 15 is 0 Å². The number of thiazole rings is 1. The second-order valence-corrected chi connectivity index (χ2v) is 7.10. The van der Waals surface area contributed by atoms with Crippen molar-refractivity contribution < 1.29 is 4.79 Å². The summed E-state index contributed by atoms with van der Waals surface area (Å²) in [6.07, 6.45) is 5.07. The Bertz CT molecular complexity index is 669. The van der Waals surface area contributed by atoms with Crippen LogP contribution in [0.25, 0.3) is 0 Å². The van der Waals surface area contributed by atoms with Gasteiger partial charge in [0.1, 0.15) is 5.01 Å². The van der Waals surface area contributed by atoms with Crippen molar-refractivity contribution in [3.63, 3.8) is 0 Å². The first-order chi connectivity index (χ1) is 10.6. The Hall–Kier alpha value is -1.69. The van der Waals surface area contributed by atoms with Crippen LogP contribution in [0, 0.1) is 13.8 Å². The maximum absolute atomic E-state index is 12.6. The van der Waals surface area contributed by atoms with Crippen LogP contribution in [0.1, 0.15) is 69.6 Å². The van der Waals surface area contributed by atoms with Crippen LogP contribution in [0.3, 0.4) is 0 Å². The zero-order chi connectivity index (χ0) is 15.7. The molecule has 0 aromatic carbocycles. The molecule has 2 aromatic heterocycles.